The molecular formula is C25H33N3O7. The summed E-state index contributed by atoms with van der Waals surface area (Å²) in [7, 11) is 0. The van der Waals surface area contributed by atoms with E-state index >= 15 is 0 Å². The van der Waals surface area contributed by atoms with E-state index in [1.807, 2.05) is 20.8 Å². The van der Waals surface area contributed by atoms with Crippen molar-refractivity contribution in [3.8, 4) is 17.2 Å². The number of benzene rings is 2. The minimum Gasteiger partial charge on any atom is -0.490 e. The average molecular weight is 488 g/mol. The molecule has 0 unspecified atom stereocenters. The molecule has 0 aliphatic carbocycles. The minimum atomic E-state index is -0.627. The molecule has 2 rings (SSSR count). The van der Waals surface area contributed by atoms with Gasteiger partial charge in [-0.2, -0.15) is 0 Å². The Labute approximate surface area is 205 Å². The third kappa shape index (κ3) is 8.40. The maximum absolute atomic E-state index is 12.7. The van der Waals surface area contributed by atoms with Crippen LogP contribution in [0, 0.1) is 0 Å². The molecule has 0 fully saturated rings. The Balaban J connectivity index is 2.06. The summed E-state index contributed by atoms with van der Waals surface area (Å²) in [6.07, 6.45) is -0.602. The lowest BCUT2D eigenvalue weighted by molar-refractivity contribution is 0.0635. The molecule has 0 atom stereocenters. The van der Waals surface area contributed by atoms with Crippen LogP contribution in [0.1, 0.15) is 62.3 Å². The summed E-state index contributed by atoms with van der Waals surface area (Å²) >= 11 is 0. The number of rotatable bonds is 9. The highest BCUT2D eigenvalue weighted by Crippen LogP contribution is 2.39. The van der Waals surface area contributed by atoms with E-state index in [4.69, 9.17) is 18.9 Å². The van der Waals surface area contributed by atoms with Gasteiger partial charge in [-0.15, -0.1) is 0 Å². The van der Waals surface area contributed by atoms with Crippen LogP contribution in [-0.4, -0.2) is 43.3 Å². The number of hydrogen-bond acceptors (Lipinski definition) is 7. The maximum atomic E-state index is 12.7. The number of hydrogen-bond donors (Lipinski definition) is 3. The molecule has 35 heavy (non-hydrogen) atoms. The molecule has 0 spiro atoms. The van der Waals surface area contributed by atoms with Gasteiger partial charge in [0.1, 0.15) is 5.60 Å². The standard InChI is InChI=1S/C25H33N3O7/c1-7-32-19-14-17(15-20(33-8-2)21(19)34-9-3)23(30)28-27-22(29)16-10-12-18(13-11-16)26-24(31)35-25(4,5)6/h10-15H,7-9H2,1-6H3,(H,26,31)(H,27,29)(H,28,30). The van der Waals surface area contributed by atoms with Crippen molar-refractivity contribution in [2.45, 2.75) is 47.1 Å². The normalized spacial score (nSPS) is 10.7. The van der Waals surface area contributed by atoms with Gasteiger partial charge in [0.15, 0.2) is 11.5 Å². The summed E-state index contributed by atoms with van der Waals surface area (Å²) in [5.74, 6) is 0.0428. The molecule has 190 valence electrons. The van der Waals surface area contributed by atoms with Crippen LogP contribution in [0.5, 0.6) is 17.2 Å². The fraction of sp³-hybridized carbons (Fsp3) is 0.400. The van der Waals surface area contributed by atoms with E-state index in [9.17, 15) is 14.4 Å². The molecule has 0 radical (unpaired) electrons. The predicted molar refractivity (Wildman–Crippen MR) is 131 cm³/mol. The average Bonchev–Trinajstić information content (AvgIpc) is 2.78. The highest BCUT2D eigenvalue weighted by molar-refractivity contribution is 6.00. The molecule has 0 aromatic heterocycles. The lowest BCUT2D eigenvalue weighted by Gasteiger charge is -2.19. The van der Waals surface area contributed by atoms with E-state index in [2.05, 4.69) is 16.2 Å². The van der Waals surface area contributed by atoms with Crippen LogP contribution in [0.3, 0.4) is 0 Å². The van der Waals surface area contributed by atoms with Crippen LogP contribution in [0.15, 0.2) is 36.4 Å². The number of nitrogens with one attached hydrogen (secondary N) is 3. The van der Waals surface area contributed by atoms with Crippen molar-refractivity contribution >= 4 is 23.6 Å². The maximum Gasteiger partial charge on any atom is 0.412 e. The molecule has 2 aromatic rings. The highest BCUT2D eigenvalue weighted by atomic mass is 16.6. The van der Waals surface area contributed by atoms with Crippen LogP contribution in [0.2, 0.25) is 0 Å². The topological polar surface area (TPSA) is 124 Å². The molecule has 0 bridgehead atoms. The Morgan fingerprint density at radius 1 is 0.743 bits per heavy atom. The Hall–Kier alpha value is -3.95. The zero-order valence-electron chi connectivity index (χ0n) is 20.9. The smallest absolute Gasteiger partial charge is 0.412 e. The van der Waals surface area contributed by atoms with Gasteiger partial charge in [0.25, 0.3) is 11.8 Å². The third-order valence-electron chi connectivity index (χ3n) is 4.25. The van der Waals surface area contributed by atoms with Crippen LogP contribution < -0.4 is 30.4 Å². The summed E-state index contributed by atoms with van der Waals surface area (Å²) in [4.78, 5) is 37.0. The molecule has 3 amide bonds. The fourth-order valence-corrected chi connectivity index (χ4v) is 2.90. The van der Waals surface area contributed by atoms with E-state index < -0.39 is 23.5 Å². The SMILES string of the molecule is CCOc1cc(C(=O)NNC(=O)c2ccc(NC(=O)OC(C)(C)C)cc2)cc(OCC)c1OCC. The second kappa shape index (κ2) is 12.5. The van der Waals surface area contributed by atoms with E-state index in [1.165, 1.54) is 24.3 Å². The Morgan fingerprint density at radius 2 is 1.23 bits per heavy atom. The van der Waals surface area contributed by atoms with Gasteiger partial charge in [0.2, 0.25) is 5.75 Å². The summed E-state index contributed by atoms with van der Waals surface area (Å²) in [6, 6.07) is 9.16. The largest absolute Gasteiger partial charge is 0.490 e. The van der Waals surface area contributed by atoms with Gasteiger partial charge in [-0.05, 0) is 77.9 Å². The van der Waals surface area contributed by atoms with Gasteiger partial charge in [-0.1, -0.05) is 0 Å². The highest BCUT2D eigenvalue weighted by Gasteiger charge is 2.19. The van der Waals surface area contributed by atoms with E-state index in [-0.39, 0.29) is 11.1 Å². The summed E-state index contributed by atoms with van der Waals surface area (Å²) in [6.45, 7) is 11.9. The monoisotopic (exact) mass is 487 g/mol. The lowest BCUT2D eigenvalue weighted by atomic mass is 10.1. The van der Waals surface area contributed by atoms with Crippen molar-refractivity contribution in [3.05, 3.63) is 47.5 Å². The van der Waals surface area contributed by atoms with Crippen LogP contribution in [0.4, 0.5) is 10.5 Å². The van der Waals surface area contributed by atoms with Gasteiger partial charge >= 0.3 is 6.09 Å². The zero-order valence-corrected chi connectivity index (χ0v) is 20.9. The van der Waals surface area contributed by atoms with Crippen molar-refractivity contribution in [2.24, 2.45) is 0 Å². The molecular weight excluding hydrogens is 454 g/mol. The number of carbonyl (C=O) groups excluding carboxylic acids is 3. The summed E-state index contributed by atoms with van der Waals surface area (Å²) < 4.78 is 22.1. The third-order valence-corrected chi connectivity index (χ3v) is 4.25. The van der Waals surface area contributed by atoms with Gasteiger partial charge < -0.3 is 18.9 Å². The molecule has 0 heterocycles. The number of amides is 3. The molecule has 10 nitrogen and oxygen atoms in total. The van der Waals surface area contributed by atoms with Crippen molar-refractivity contribution in [2.75, 3.05) is 25.1 Å². The number of anilines is 1. The lowest BCUT2D eigenvalue weighted by Crippen LogP contribution is -2.41. The second-order valence-corrected chi connectivity index (χ2v) is 8.21. The van der Waals surface area contributed by atoms with Crippen molar-refractivity contribution in [1.29, 1.82) is 0 Å². The number of hydrazine groups is 1. The first-order valence-corrected chi connectivity index (χ1v) is 11.3. The van der Waals surface area contributed by atoms with Gasteiger partial charge in [0.05, 0.1) is 19.8 Å². The Morgan fingerprint density at radius 3 is 1.69 bits per heavy atom. The van der Waals surface area contributed by atoms with Crippen molar-refractivity contribution in [3.63, 3.8) is 0 Å². The number of ether oxygens (including phenoxy) is 4. The van der Waals surface area contributed by atoms with Gasteiger partial charge in [-0.3, -0.25) is 25.8 Å². The van der Waals surface area contributed by atoms with Crippen molar-refractivity contribution in [1.82, 2.24) is 10.9 Å². The number of carbonyl (C=O) groups is 3. The van der Waals surface area contributed by atoms with E-state index in [0.29, 0.717) is 42.8 Å². The van der Waals surface area contributed by atoms with E-state index in [1.54, 1.807) is 32.9 Å². The van der Waals surface area contributed by atoms with Gasteiger partial charge in [0, 0.05) is 16.8 Å². The zero-order chi connectivity index (χ0) is 26.0. The summed E-state index contributed by atoms with van der Waals surface area (Å²) in [5, 5.41) is 2.58. The van der Waals surface area contributed by atoms with Gasteiger partial charge in [-0.25, -0.2) is 4.79 Å². The first kappa shape index (κ1) is 27.3. The van der Waals surface area contributed by atoms with Crippen LogP contribution in [-0.2, 0) is 4.74 Å². The predicted octanol–water partition coefficient (Wildman–Crippen LogP) is 4.30. The summed E-state index contributed by atoms with van der Waals surface area (Å²) in [5.41, 5.74) is 5.08. The Kier molecular flexibility index (Phi) is 9.74. The molecule has 3 N–H and O–H groups in total. The molecule has 10 heteroatoms. The quantitative estimate of drug-likeness (QED) is 0.450. The van der Waals surface area contributed by atoms with Crippen molar-refractivity contribution < 1.29 is 33.3 Å². The second-order valence-electron chi connectivity index (χ2n) is 8.21. The molecule has 0 saturated carbocycles. The van der Waals surface area contributed by atoms with E-state index in [0.717, 1.165) is 0 Å². The van der Waals surface area contributed by atoms with Crippen LogP contribution >= 0.6 is 0 Å². The fourth-order valence-electron chi connectivity index (χ4n) is 2.90. The molecule has 2 aromatic carbocycles. The van der Waals surface area contributed by atoms with Crippen LogP contribution in [0.25, 0.3) is 0 Å². The minimum absolute atomic E-state index is 0.220. The molecule has 0 aliphatic heterocycles. The Bertz CT molecular complexity index is 1000. The first-order valence-electron chi connectivity index (χ1n) is 11.3. The molecule has 0 saturated heterocycles. The first-order chi connectivity index (χ1) is 16.6. The molecule has 0 aliphatic rings.